The smallest absolute Gasteiger partial charge is 0.348 e. The summed E-state index contributed by atoms with van der Waals surface area (Å²) in [5.41, 5.74) is 1.60. The van der Waals surface area contributed by atoms with Crippen molar-refractivity contribution in [2.45, 2.75) is 29.9 Å². The van der Waals surface area contributed by atoms with Gasteiger partial charge in [0.15, 0.2) is 4.21 Å². The van der Waals surface area contributed by atoms with Gasteiger partial charge in [0, 0.05) is 5.69 Å². The van der Waals surface area contributed by atoms with E-state index >= 15 is 0 Å². The summed E-state index contributed by atoms with van der Waals surface area (Å²) in [4.78, 5) is 24.1. The summed E-state index contributed by atoms with van der Waals surface area (Å²) in [6.07, 6.45) is 2.30. The number of anilines is 1. The van der Waals surface area contributed by atoms with Crippen LogP contribution in [0.4, 0.5) is 5.69 Å². The van der Waals surface area contributed by atoms with E-state index in [0.29, 0.717) is 22.9 Å². The van der Waals surface area contributed by atoms with Crippen molar-refractivity contribution in [2.24, 2.45) is 0 Å². The Labute approximate surface area is 161 Å². The second-order valence-corrected chi connectivity index (χ2v) is 9.10. The Bertz CT molecular complexity index is 988. The van der Waals surface area contributed by atoms with Crippen LogP contribution >= 0.6 is 11.3 Å². The molecule has 0 unspecified atom stereocenters. The molecule has 1 saturated carbocycles. The highest BCUT2D eigenvalue weighted by Crippen LogP contribution is 2.40. The first-order chi connectivity index (χ1) is 12.8. The molecule has 27 heavy (non-hydrogen) atoms. The number of benzene rings is 1. The number of esters is 2. The molecular weight excluding hydrogens is 390 g/mol. The molecule has 1 aliphatic rings. The molecule has 1 fully saturated rings. The standard InChI is InChI=1S/C18H19NO6S2/c1-10-14(16(20)24-2)18(26-15(10)17(21)25-3)27(22,23)19-13-8-6-12(7-9-13)11-4-5-11/h6-9,11,19H,4-5H2,1-3H3. The molecule has 1 aliphatic carbocycles. The fourth-order valence-electron chi connectivity index (χ4n) is 2.74. The molecule has 2 aromatic rings. The maximum absolute atomic E-state index is 12.9. The SMILES string of the molecule is COC(=O)c1sc(S(=O)(=O)Nc2ccc(C3CC3)cc2)c(C(=O)OC)c1C. The zero-order valence-corrected chi connectivity index (χ0v) is 16.7. The van der Waals surface area contributed by atoms with Crippen LogP contribution in [0.3, 0.4) is 0 Å². The Kier molecular flexibility index (Phi) is 5.25. The predicted octanol–water partition coefficient (Wildman–Crippen LogP) is 3.31. The molecule has 0 saturated heterocycles. The minimum absolute atomic E-state index is 0.0438. The number of thiophene rings is 1. The van der Waals surface area contributed by atoms with E-state index < -0.39 is 22.0 Å². The summed E-state index contributed by atoms with van der Waals surface area (Å²) in [6.45, 7) is 1.48. The Balaban J connectivity index is 1.99. The van der Waals surface area contributed by atoms with Gasteiger partial charge in [-0.3, -0.25) is 4.72 Å². The van der Waals surface area contributed by atoms with Crippen LogP contribution in [-0.4, -0.2) is 34.6 Å². The molecule has 0 aliphatic heterocycles. The minimum Gasteiger partial charge on any atom is -0.465 e. The third kappa shape index (κ3) is 3.84. The average Bonchev–Trinajstić information content (AvgIpc) is 3.43. The molecule has 3 rings (SSSR count). The van der Waals surface area contributed by atoms with E-state index in [-0.39, 0.29) is 20.2 Å². The van der Waals surface area contributed by atoms with E-state index in [1.54, 1.807) is 12.1 Å². The van der Waals surface area contributed by atoms with Gasteiger partial charge in [0.1, 0.15) is 4.88 Å². The van der Waals surface area contributed by atoms with E-state index in [1.165, 1.54) is 19.6 Å². The van der Waals surface area contributed by atoms with Gasteiger partial charge in [0.05, 0.1) is 19.8 Å². The van der Waals surface area contributed by atoms with Crippen molar-refractivity contribution in [1.29, 1.82) is 0 Å². The Hall–Kier alpha value is -2.39. The van der Waals surface area contributed by atoms with E-state index in [9.17, 15) is 18.0 Å². The molecule has 7 nitrogen and oxygen atoms in total. The summed E-state index contributed by atoms with van der Waals surface area (Å²) < 4.78 is 37.3. The topological polar surface area (TPSA) is 98.8 Å². The van der Waals surface area contributed by atoms with Gasteiger partial charge in [0.2, 0.25) is 0 Å². The van der Waals surface area contributed by atoms with Crippen LogP contribution in [-0.2, 0) is 19.5 Å². The largest absolute Gasteiger partial charge is 0.465 e. The number of carbonyl (C=O) groups excluding carboxylic acids is 2. The van der Waals surface area contributed by atoms with E-state index in [2.05, 4.69) is 9.46 Å². The molecule has 1 aromatic carbocycles. The third-order valence-electron chi connectivity index (χ3n) is 4.33. The van der Waals surface area contributed by atoms with Crippen LogP contribution in [0.5, 0.6) is 0 Å². The first-order valence-corrected chi connectivity index (χ1v) is 10.5. The van der Waals surface area contributed by atoms with Gasteiger partial charge in [0.25, 0.3) is 10.0 Å². The van der Waals surface area contributed by atoms with Crippen molar-refractivity contribution < 1.29 is 27.5 Å². The Morgan fingerprint density at radius 2 is 1.67 bits per heavy atom. The van der Waals surface area contributed by atoms with Crippen molar-refractivity contribution in [2.75, 3.05) is 18.9 Å². The molecule has 0 atom stereocenters. The lowest BCUT2D eigenvalue weighted by molar-refractivity contribution is 0.0596. The molecule has 144 valence electrons. The fraction of sp³-hybridized carbons (Fsp3) is 0.333. The summed E-state index contributed by atoms with van der Waals surface area (Å²) >= 11 is 0.681. The lowest BCUT2D eigenvalue weighted by atomic mass is 10.1. The van der Waals surface area contributed by atoms with Gasteiger partial charge in [-0.25, -0.2) is 18.0 Å². The highest BCUT2D eigenvalue weighted by atomic mass is 32.2. The number of hydrogen-bond donors (Lipinski definition) is 1. The summed E-state index contributed by atoms with van der Waals surface area (Å²) in [5.74, 6) is -0.981. The molecule has 9 heteroatoms. The van der Waals surface area contributed by atoms with Crippen LogP contribution in [0.25, 0.3) is 0 Å². The molecule has 0 bridgehead atoms. The number of carbonyl (C=O) groups is 2. The summed E-state index contributed by atoms with van der Waals surface area (Å²) in [6, 6.07) is 7.14. The lowest BCUT2D eigenvalue weighted by Gasteiger charge is -2.09. The highest BCUT2D eigenvalue weighted by molar-refractivity contribution is 7.94. The van der Waals surface area contributed by atoms with Gasteiger partial charge >= 0.3 is 11.9 Å². The van der Waals surface area contributed by atoms with Crippen LogP contribution < -0.4 is 4.72 Å². The van der Waals surface area contributed by atoms with Gasteiger partial charge in [-0.05, 0) is 48.9 Å². The molecule has 1 N–H and O–H groups in total. The third-order valence-corrected chi connectivity index (χ3v) is 7.50. The number of nitrogens with one attached hydrogen (secondary N) is 1. The fourth-order valence-corrected chi connectivity index (χ4v) is 5.55. The normalized spacial score (nSPS) is 13.9. The number of sulfonamides is 1. The van der Waals surface area contributed by atoms with Gasteiger partial charge < -0.3 is 9.47 Å². The van der Waals surface area contributed by atoms with Crippen molar-refractivity contribution >= 4 is 39.0 Å². The van der Waals surface area contributed by atoms with E-state index in [0.717, 1.165) is 20.0 Å². The van der Waals surface area contributed by atoms with E-state index in [1.807, 2.05) is 12.1 Å². The summed E-state index contributed by atoms with van der Waals surface area (Å²) in [5, 5.41) is 0. The van der Waals surface area contributed by atoms with Gasteiger partial charge in [-0.15, -0.1) is 11.3 Å². The summed E-state index contributed by atoms with van der Waals surface area (Å²) in [7, 11) is -1.76. The quantitative estimate of drug-likeness (QED) is 0.735. The second kappa shape index (κ2) is 7.32. The predicted molar refractivity (Wildman–Crippen MR) is 101 cm³/mol. The molecule has 0 radical (unpaired) electrons. The maximum Gasteiger partial charge on any atom is 0.348 e. The minimum atomic E-state index is -4.10. The Morgan fingerprint density at radius 1 is 1.07 bits per heavy atom. The number of methoxy groups -OCH3 is 2. The van der Waals surface area contributed by atoms with Crippen LogP contribution in [0.1, 0.15) is 49.9 Å². The second-order valence-electron chi connectivity index (χ2n) is 6.20. The van der Waals surface area contributed by atoms with Crippen molar-refractivity contribution in [3.63, 3.8) is 0 Å². The lowest BCUT2D eigenvalue weighted by Crippen LogP contribution is -2.16. The van der Waals surface area contributed by atoms with Crippen molar-refractivity contribution in [3.8, 4) is 0 Å². The van der Waals surface area contributed by atoms with Gasteiger partial charge in [-0.2, -0.15) is 0 Å². The number of hydrogen-bond acceptors (Lipinski definition) is 7. The Morgan fingerprint density at radius 3 is 2.19 bits per heavy atom. The van der Waals surface area contributed by atoms with Crippen LogP contribution in [0, 0.1) is 6.92 Å². The molecule has 1 aromatic heterocycles. The number of ether oxygens (including phenoxy) is 2. The maximum atomic E-state index is 12.9. The first kappa shape index (κ1) is 19.4. The van der Waals surface area contributed by atoms with Crippen molar-refractivity contribution in [3.05, 3.63) is 45.8 Å². The number of rotatable bonds is 6. The van der Waals surface area contributed by atoms with Gasteiger partial charge in [-0.1, -0.05) is 12.1 Å². The van der Waals surface area contributed by atoms with Crippen LogP contribution in [0.2, 0.25) is 0 Å². The van der Waals surface area contributed by atoms with E-state index in [4.69, 9.17) is 4.74 Å². The zero-order chi connectivity index (χ0) is 19.8. The molecule has 1 heterocycles. The molecular formula is C18H19NO6S2. The molecule has 0 amide bonds. The highest BCUT2D eigenvalue weighted by Gasteiger charge is 2.32. The molecule has 0 spiro atoms. The van der Waals surface area contributed by atoms with Crippen molar-refractivity contribution in [1.82, 2.24) is 0 Å². The monoisotopic (exact) mass is 409 g/mol. The first-order valence-electron chi connectivity index (χ1n) is 8.21. The zero-order valence-electron chi connectivity index (χ0n) is 15.1. The average molecular weight is 409 g/mol. The van der Waals surface area contributed by atoms with Crippen LogP contribution in [0.15, 0.2) is 28.5 Å².